The second-order valence-electron chi connectivity index (χ2n) is 18.6. The van der Waals surface area contributed by atoms with Gasteiger partial charge >= 0.3 is 6.18 Å². The number of fused-ring (bicyclic) bond motifs is 6. The molecule has 0 atom stereocenters. The number of hydrogen-bond donors (Lipinski definition) is 0. The zero-order valence-electron chi connectivity index (χ0n) is 40.8. The molecule has 0 saturated carbocycles. The van der Waals surface area contributed by atoms with Crippen LogP contribution in [0.3, 0.4) is 0 Å². The third-order valence-corrected chi connectivity index (χ3v) is 14.4. The molecule has 78 heavy (non-hydrogen) atoms. The van der Waals surface area contributed by atoms with Gasteiger partial charge in [-0.15, -0.1) is 0 Å². The van der Waals surface area contributed by atoms with E-state index >= 15 is 13.2 Å². The third-order valence-electron chi connectivity index (χ3n) is 14.4. The van der Waals surface area contributed by atoms with Crippen LogP contribution in [-0.4, -0.2) is 9.13 Å². The lowest BCUT2D eigenvalue weighted by Gasteiger charge is -2.24. The largest absolute Gasteiger partial charge is 0.417 e. The van der Waals surface area contributed by atoms with Gasteiger partial charge in [-0.25, -0.2) is 0 Å². The molecular formula is C67H33F3N8. The first-order chi connectivity index (χ1) is 38.1. The summed E-state index contributed by atoms with van der Waals surface area (Å²) in [6, 6.07) is 71.3. The Morgan fingerprint density at radius 1 is 0.308 bits per heavy atom. The highest BCUT2D eigenvalue weighted by Crippen LogP contribution is 2.49. The van der Waals surface area contributed by atoms with Crippen LogP contribution in [0.15, 0.2) is 200 Å². The van der Waals surface area contributed by atoms with E-state index in [1.54, 1.807) is 60.7 Å². The summed E-state index contributed by atoms with van der Waals surface area (Å²) < 4.78 is 51.5. The summed E-state index contributed by atoms with van der Waals surface area (Å²) in [7, 11) is 0. The summed E-state index contributed by atoms with van der Waals surface area (Å²) in [4.78, 5) is 0. The molecule has 0 aliphatic carbocycles. The Labute approximate surface area is 444 Å². The van der Waals surface area contributed by atoms with Crippen LogP contribution in [0.4, 0.5) is 13.2 Å². The highest BCUT2D eigenvalue weighted by atomic mass is 19.4. The van der Waals surface area contributed by atoms with Crippen molar-refractivity contribution >= 4 is 43.6 Å². The van der Waals surface area contributed by atoms with E-state index in [9.17, 15) is 31.6 Å². The fraction of sp³-hybridized carbons (Fsp3) is 0.0149. The molecule has 2 aromatic heterocycles. The van der Waals surface area contributed by atoms with Crippen molar-refractivity contribution in [2.75, 3.05) is 0 Å². The second kappa shape index (κ2) is 18.8. The second-order valence-corrected chi connectivity index (χ2v) is 18.6. The molecule has 12 rings (SSSR count). The Balaban J connectivity index is 1.26. The lowest BCUT2D eigenvalue weighted by atomic mass is 9.90. The van der Waals surface area contributed by atoms with E-state index in [0.29, 0.717) is 110 Å². The molecule has 8 nitrogen and oxygen atoms in total. The summed E-state index contributed by atoms with van der Waals surface area (Å²) in [5.74, 6) is 0. The van der Waals surface area contributed by atoms with Gasteiger partial charge in [-0.1, -0.05) is 103 Å². The van der Waals surface area contributed by atoms with Gasteiger partial charge in [0, 0.05) is 32.7 Å². The predicted octanol–water partition coefficient (Wildman–Crippen LogP) is 16.5. The van der Waals surface area contributed by atoms with Crippen molar-refractivity contribution < 1.29 is 13.2 Å². The number of rotatable bonds is 7. The zero-order valence-corrected chi connectivity index (χ0v) is 40.8. The van der Waals surface area contributed by atoms with Crippen LogP contribution < -0.4 is 0 Å². The van der Waals surface area contributed by atoms with Gasteiger partial charge in [-0.2, -0.15) is 44.7 Å². The molecular weight excluding hydrogens is 974 g/mol. The van der Waals surface area contributed by atoms with Gasteiger partial charge in [0.2, 0.25) is 0 Å². The molecule has 0 amide bonds. The number of halogens is 3. The van der Waals surface area contributed by atoms with Crippen molar-refractivity contribution in [3.8, 4) is 103 Å². The molecule has 0 unspecified atom stereocenters. The molecule has 12 aromatic rings. The van der Waals surface area contributed by atoms with Crippen molar-refractivity contribution in [1.29, 1.82) is 31.6 Å². The fourth-order valence-electron chi connectivity index (χ4n) is 11.0. The molecule has 2 heterocycles. The predicted molar refractivity (Wildman–Crippen MR) is 296 cm³/mol. The van der Waals surface area contributed by atoms with Crippen molar-refractivity contribution in [2.24, 2.45) is 0 Å². The number of nitrogens with zero attached hydrogens (tertiary/aromatic N) is 8. The van der Waals surface area contributed by atoms with Crippen molar-refractivity contribution in [1.82, 2.24) is 9.13 Å². The maximum atomic E-state index is 16.0. The van der Waals surface area contributed by atoms with Gasteiger partial charge in [-0.3, -0.25) is 0 Å². The maximum absolute atomic E-state index is 16.0. The minimum atomic E-state index is -4.98. The summed E-state index contributed by atoms with van der Waals surface area (Å²) >= 11 is 0. The first kappa shape index (κ1) is 47.5. The maximum Gasteiger partial charge on any atom is 0.417 e. The highest BCUT2D eigenvalue weighted by molar-refractivity contribution is 6.15. The molecule has 0 radical (unpaired) electrons. The minimum Gasteiger partial charge on any atom is -0.308 e. The molecule has 0 bridgehead atoms. The van der Waals surface area contributed by atoms with E-state index in [4.69, 9.17) is 0 Å². The number of alkyl halides is 3. The molecule has 0 saturated heterocycles. The number of benzene rings is 10. The summed E-state index contributed by atoms with van der Waals surface area (Å²) in [5.41, 5.74) is 7.89. The van der Waals surface area contributed by atoms with Crippen molar-refractivity contribution in [3.63, 3.8) is 0 Å². The highest BCUT2D eigenvalue weighted by Gasteiger charge is 2.37. The van der Waals surface area contributed by atoms with Crippen molar-refractivity contribution in [2.45, 2.75) is 6.18 Å². The van der Waals surface area contributed by atoms with Gasteiger partial charge in [0.05, 0.1) is 109 Å². The average molecular weight is 1010 g/mol. The Morgan fingerprint density at radius 3 is 0.910 bits per heavy atom. The monoisotopic (exact) mass is 1010 g/mol. The lowest BCUT2D eigenvalue weighted by Crippen LogP contribution is -2.12. The summed E-state index contributed by atoms with van der Waals surface area (Å²) in [6.07, 6.45) is -4.98. The normalized spacial score (nSPS) is 11.2. The van der Waals surface area contributed by atoms with Crippen LogP contribution in [0.1, 0.15) is 38.9 Å². The van der Waals surface area contributed by atoms with E-state index in [1.807, 2.05) is 130 Å². The average Bonchev–Trinajstić information content (AvgIpc) is 4.21. The smallest absolute Gasteiger partial charge is 0.308 e. The zero-order chi connectivity index (χ0) is 53.8. The first-order valence-electron chi connectivity index (χ1n) is 24.4. The molecule has 0 aliphatic heterocycles. The molecule has 0 fully saturated rings. The SMILES string of the molecule is N#Cc1cc(-n2c3ccc(-c4ccccc4C#N)cc3c3cc(-c4ccccc4C#N)ccc32)c(-c2c(C#N)cccc2C(F)(F)F)c(-n2c3ccc(-c4ccccc4C#N)cc3c3cc(-c4ccccc4C#N)ccc32)c1. The van der Waals surface area contributed by atoms with Crippen LogP contribution >= 0.6 is 0 Å². The number of hydrogen-bond acceptors (Lipinski definition) is 6. The standard InChI is InChI=1S/C67H33F3N8/c68-67(69,70)58-19-9-14-49(39-76)65(58)66-63(77-59-24-20-41(50-15-5-1-10-45(50)35-72)30-54(59)55-31-42(21-25-60(55)77)51-16-6-2-11-46(51)36-73)28-40(34-71)29-64(66)78-61-26-22-43(52-17-7-3-12-47(52)37-74)32-56(61)57-33-44(23-27-62(57)78)53-18-8-4-13-48(53)38-75/h1-33H. The van der Waals surface area contributed by atoms with Crippen LogP contribution in [0, 0.1) is 68.0 Å². The Bertz CT molecular complexity index is 4330. The van der Waals surface area contributed by atoms with Crippen molar-refractivity contribution in [3.05, 3.63) is 239 Å². The summed E-state index contributed by atoms with van der Waals surface area (Å²) in [6.45, 7) is 0. The van der Waals surface area contributed by atoms with Crippen LogP contribution in [-0.2, 0) is 6.18 Å². The van der Waals surface area contributed by atoms with Gasteiger partial charge in [0.15, 0.2) is 0 Å². The molecule has 10 aromatic carbocycles. The van der Waals surface area contributed by atoms with Gasteiger partial charge in [-0.05, 0) is 142 Å². The van der Waals surface area contributed by atoms with E-state index in [1.165, 1.54) is 12.1 Å². The number of nitriles is 6. The van der Waals surface area contributed by atoms with E-state index in [2.05, 4.69) is 36.4 Å². The molecule has 362 valence electrons. The van der Waals surface area contributed by atoms with Gasteiger partial charge in [0.25, 0.3) is 0 Å². The molecule has 0 N–H and O–H groups in total. The van der Waals surface area contributed by atoms with E-state index in [0.717, 1.165) is 6.07 Å². The number of aromatic nitrogens is 2. The molecule has 0 aliphatic rings. The molecule has 0 spiro atoms. The summed E-state index contributed by atoms with van der Waals surface area (Å²) in [5, 5.41) is 65.5. The van der Waals surface area contributed by atoms with Gasteiger partial charge < -0.3 is 9.13 Å². The minimum absolute atomic E-state index is 0.00770. The molecule has 11 heteroatoms. The van der Waals surface area contributed by atoms with Crippen LogP contribution in [0.5, 0.6) is 0 Å². The van der Waals surface area contributed by atoms with E-state index in [-0.39, 0.29) is 28.1 Å². The first-order valence-corrected chi connectivity index (χ1v) is 24.4. The van der Waals surface area contributed by atoms with Gasteiger partial charge in [0.1, 0.15) is 0 Å². The lowest BCUT2D eigenvalue weighted by molar-refractivity contribution is -0.137. The van der Waals surface area contributed by atoms with Crippen LogP contribution in [0.2, 0.25) is 0 Å². The Hall–Kier alpha value is -11.5. The van der Waals surface area contributed by atoms with Crippen LogP contribution in [0.25, 0.3) is 111 Å². The fourth-order valence-corrected chi connectivity index (χ4v) is 11.0. The Kier molecular flexibility index (Phi) is 11.4. The quantitative estimate of drug-likeness (QED) is 0.155. The Morgan fingerprint density at radius 2 is 0.615 bits per heavy atom. The van der Waals surface area contributed by atoms with E-state index < -0.39 is 17.3 Å². The third kappa shape index (κ3) is 7.65. The topological polar surface area (TPSA) is 153 Å².